The van der Waals surface area contributed by atoms with Gasteiger partial charge in [0.15, 0.2) is 0 Å². The summed E-state index contributed by atoms with van der Waals surface area (Å²) < 4.78 is 0. The van der Waals surface area contributed by atoms with E-state index >= 15 is 0 Å². The van der Waals surface area contributed by atoms with E-state index in [1.54, 1.807) is 32.1 Å². The molecular weight excluding hydrogens is 156 g/mol. The van der Waals surface area contributed by atoms with E-state index in [9.17, 15) is 0 Å². The van der Waals surface area contributed by atoms with Gasteiger partial charge in [0.05, 0.1) is 0 Å². The first kappa shape index (κ1) is 9.55. The number of rotatable bonds is 3. The highest BCUT2D eigenvalue weighted by Gasteiger charge is 2.32. The maximum atomic E-state index is 2.39. The van der Waals surface area contributed by atoms with E-state index in [0.29, 0.717) is 0 Å². The lowest BCUT2D eigenvalue weighted by atomic mass is 9.66. The van der Waals surface area contributed by atoms with Crippen molar-refractivity contribution < 1.29 is 0 Å². The van der Waals surface area contributed by atoms with Gasteiger partial charge in [0.1, 0.15) is 0 Å². The van der Waals surface area contributed by atoms with Gasteiger partial charge in [0.25, 0.3) is 0 Å². The summed E-state index contributed by atoms with van der Waals surface area (Å²) in [7, 11) is 0. The van der Waals surface area contributed by atoms with Crippen molar-refractivity contribution in [2.45, 2.75) is 58.8 Å². The molecule has 0 N–H and O–H groups in total. The van der Waals surface area contributed by atoms with Crippen molar-refractivity contribution >= 4 is 0 Å². The Morgan fingerprint density at radius 1 is 1.00 bits per heavy atom. The first-order valence-electron chi connectivity index (χ1n) is 6.25. The van der Waals surface area contributed by atoms with Crippen LogP contribution >= 0.6 is 0 Å². The average Bonchev–Trinajstić information content (AvgIpc) is 2.46. The molecule has 0 radical (unpaired) electrons. The highest BCUT2D eigenvalue weighted by molar-refractivity contribution is 4.84. The summed E-state index contributed by atoms with van der Waals surface area (Å²) in [4.78, 5) is 0. The van der Waals surface area contributed by atoms with E-state index in [2.05, 4.69) is 13.8 Å². The van der Waals surface area contributed by atoms with Crippen LogP contribution in [0.2, 0.25) is 0 Å². The largest absolute Gasteiger partial charge is 0.0625 e. The summed E-state index contributed by atoms with van der Waals surface area (Å²) in [6, 6.07) is 0. The van der Waals surface area contributed by atoms with Crippen LogP contribution in [0.4, 0.5) is 0 Å². The summed E-state index contributed by atoms with van der Waals surface area (Å²) in [5, 5.41) is 0. The molecule has 0 aromatic rings. The Bertz CT molecular complexity index is 147. The van der Waals surface area contributed by atoms with Crippen LogP contribution in [0.15, 0.2) is 0 Å². The lowest BCUT2D eigenvalue weighted by Gasteiger charge is -2.39. The quantitative estimate of drug-likeness (QED) is 0.609. The van der Waals surface area contributed by atoms with Gasteiger partial charge in [-0.1, -0.05) is 39.5 Å². The third-order valence-corrected chi connectivity index (χ3v) is 4.36. The average molecular weight is 180 g/mol. The van der Waals surface area contributed by atoms with Crippen LogP contribution in [-0.4, -0.2) is 0 Å². The molecule has 2 rings (SSSR count). The summed E-state index contributed by atoms with van der Waals surface area (Å²) in [5.74, 6) is 4.26. The van der Waals surface area contributed by atoms with Gasteiger partial charge in [-0.05, 0) is 42.9 Å². The Balaban J connectivity index is 1.63. The predicted octanol–water partition coefficient (Wildman–Crippen LogP) is 4.25. The number of hydrogen-bond donors (Lipinski definition) is 0. The van der Waals surface area contributed by atoms with Crippen molar-refractivity contribution in [1.29, 1.82) is 0 Å². The third-order valence-electron chi connectivity index (χ3n) is 4.36. The normalized spacial score (nSPS) is 35.3. The molecule has 0 atom stereocenters. The summed E-state index contributed by atoms with van der Waals surface area (Å²) in [6.45, 7) is 4.77. The van der Waals surface area contributed by atoms with Crippen LogP contribution in [0.3, 0.4) is 0 Å². The first-order chi connectivity index (χ1) is 6.25. The summed E-state index contributed by atoms with van der Waals surface area (Å²) in [6.07, 6.45) is 10.8. The zero-order valence-electron chi connectivity index (χ0n) is 9.26. The fraction of sp³-hybridized carbons (Fsp3) is 1.00. The third kappa shape index (κ3) is 2.27. The van der Waals surface area contributed by atoms with E-state index in [0.717, 1.165) is 23.7 Å². The van der Waals surface area contributed by atoms with Crippen molar-refractivity contribution in [3.8, 4) is 0 Å². The molecule has 0 amide bonds. The van der Waals surface area contributed by atoms with Gasteiger partial charge >= 0.3 is 0 Å². The van der Waals surface area contributed by atoms with Crippen LogP contribution in [0, 0.1) is 23.7 Å². The van der Waals surface area contributed by atoms with Crippen molar-refractivity contribution in [3.63, 3.8) is 0 Å². The van der Waals surface area contributed by atoms with E-state index in [-0.39, 0.29) is 0 Å². The van der Waals surface area contributed by atoms with Gasteiger partial charge in [-0.2, -0.15) is 0 Å². The minimum atomic E-state index is 0.944. The lowest BCUT2D eigenvalue weighted by molar-refractivity contribution is 0.117. The van der Waals surface area contributed by atoms with Gasteiger partial charge in [-0.15, -0.1) is 0 Å². The monoisotopic (exact) mass is 180 g/mol. The number of hydrogen-bond acceptors (Lipinski definition) is 0. The summed E-state index contributed by atoms with van der Waals surface area (Å²) in [5.41, 5.74) is 0. The van der Waals surface area contributed by atoms with Crippen molar-refractivity contribution in [2.75, 3.05) is 0 Å². The maximum absolute atomic E-state index is 2.39. The molecule has 2 aliphatic rings. The Labute approximate surface area is 83.1 Å². The molecule has 0 aromatic heterocycles. The molecule has 2 aliphatic carbocycles. The lowest BCUT2D eigenvalue weighted by Crippen LogP contribution is -2.28. The molecule has 76 valence electrons. The molecule has 2 fully saturated rings. The van der Waals surface area contributed by atoms with Crippen molar-refractivity contribution in [1.82, 2.24) is 0 Å². The van der Waals surface area contributed by atoms with Crippen LogP contribution < -0.4 is 0 Å². The maximum Gasteiger partial charge on any atom is -0.0386 e. The molecule has 2 saturated carbocycles. The van der Waals surface area contributed by atoms with Gasteiger partial charge in [-0.25, -0.2) is 0 Å². The molecule has 0 saturated heterocycles. The molecule has 13 heavy (non-hydrogen) atoms. The smallest absolute Gasteiger partial charge is 0.0386 e. The van der Waals surface area contributed by atoms with E-state index in [4.69, 9.17) is 0 Å². The van der Waals surface area contributed by atoms with Gasteiger partial charge in [-0.3, -0.25) is 0 Å². The Hall–Kier alpha value is 0. The van der Waals surface area contributed by atoms with E-state index in [1.807, 2.05) is 0 Å². The molecule has 0 aromatic carbocycles. The highest BCUT2D eigenvalue weighted by Crippen LogP contribution is 2.44. The van der Waals surface area contributed by atoms with Gasteiger partial charge in [0, 0.05) is 0 Å². The predicted molar refractivity (Wildman–Crippen MR) is 57.6 cm³/mol. The fourth-order valence-corrected chi connectivity index (χ4v) is 3.24. The summed E-state index contributed by atoms with van der Waals surface area (Å²) >= 11 is 0. The molecule has 0 aliphatic heterocycles. The van der Waals surface area contributed by atoms with Gasteiger partial charge in [0.2, 0.25) is 0 Å². The highest BCUT2D eigenvalue weighted by atomic mass is 14.4. The van der Waals surface area contributed by atoms with Crippen LogP contribution in [-0.2, 0) is 0 Å². The van der Waals surface area contributed by atoms with Crippen LogP contribution in [0.5, 0.6) is 0 Å². The second-order valence-corrected chi connectivity index (χ2v) is 5.73. The minimum Gasteiger partial charge on any atom is -0.0625 e. The molecule has 0 heterocycles. The Morgan fingerprint density at radius 2 is 1.62 bits per heavy atom. The van der Waals surface area contributed by atoms with E-state index in [1.165, 1.54) is 12.8 Å². The van der Waals surface area contributed by atoms with Crippen LogP contribution in [0.1, 0.15) is 58.8 Å². The molecule has 0 unspecified atom stereocenters. The van der Waals surface area contributed by atoms with Crippen LogP contribution in [0.25, 0.3) is 0 Å². The van der Waals surface area contributed by atoms with Crippen molar-refractivity contribution in [2.24, 2.45) is 23.7 Å². The fourth-order valence-electron chi connectivity index (χ4n) is 3.24. The zero-order chi connectivity index (χ0) is 9.26. The molecule has 0 nitrogen and oxygen atoms in total. The molecular formula is C13H24. The topological polar surface area (TPSA) is 0 Å². The molecule has 0 bridgehead atoms. The second kappa shape index (κ2) is 4.02. The standard InChI is InChI=1S/C13H24/c1-10(2)13-8-12(9-13)7-11-5-3-4-6-11/h10-13H,3-9H2,1-2H3. The van der Waals surface area contributed by atoms with E-state index < -0.39 is 0 Å². The Kier molecular flexibility index (Phi) is 2.96. The zero-order valence-corrected chi connectivity index (χ0v) is 9.26. The molecule has 0 spiro atoms. The first-order valence-corrected chi connectivity index (χ1v) is 6.25. The second-order valence-electron chi connectivity index (χ2n) is 5.73. The molecule has 0 heteroatoms. The van der Waals surface area contributed by atoms with Gasteiger partial charge < -0.3 is 0 Å². The Morgan fingerprint density at radius 3 is 2.15 bits per heavy atom. The minimum absolute atomic E-state index is 0.944. The SMILES string of the molecule is CC(C)C1CC(CC2CCCC2)C1. The van der Waals surface area contributed by atoms with Crippen molar-refractivity contribution in [3.05, 3.63) is 0 Å².